The van der Waals surface area contributed by atoms with Crippen molar-refractivity contribution in [3.8, 4) is 16.9 Å². The zero-order valence-corrected chi connectivity index (χ0v) is 14.6. The van der Waals surface area contributed by atoms with Crippen LogP contribution in [0, 0.1) is 11.6 Å². The maximum Gasteiger partial charge on any atom is 0.260 e. The van der Waals surface area contributed by atoms with E-state index in [1.165, 1.54) is 40.5 Å². The second kappa shape index (κ2) is 7.08. The summed E-state index contributed by atoms with van der Waals surface area (Å²) in [6.45, 7) is 0. The Kier molecular flexibility index (Phi) is 4.47. The van der Waals surface area contributed by atoms with Crippen molar-refractivity contribution in [1.29, 1.82) is 0 Å². The quantitative estimate of drug-likeness (QED) is 0.564. The van der Waals surface area contributed by atoms with E-state index in [2.05, 4.69) is 15.4 Å². The van der Waals surface area contributed by atoms with Crippen molar-refractivity contribution in [2.45, 2.75) is 0 Å². The Bertz CT molecular complexity index is 1120. The number of nitrogens with zero attached hydrogens (tertiary/aromatic N) is 3. The fourth-order valence-corrected chi connectivity index (χ4v) is 3.21. The van der Waals surface area contributed by atoms with Crippen LogP contribution in [0.4, 0.5) is 13.9 Å². The predicted molar refractivity (Wildman–Crippen MR) is 99.0 cm³/mol. The molecule has 1 N–H and O–H groups in total. The third kappa shape index (κ3) is 3.47. The van der Waals surface area contributed by atoms with Crippen LogP contribution in [-0.2, 0) is 0 Å². The summed E-state index contributed by atoms with van der Waals surface area (Å²) in [5.74, 6) is -1.26. The summed E-state index contributed by atoms with van der Waals surface area (Å²) in [6, 6.07) is 12.4. The van der Waals surface area contributed by atoms with Crippen molar-refractivity contribution in [3.05, 3.63) is 83.5 Å². The highest BCUT2D eigenvalue weighted by Crippen LogP contribution is 2.27. The first kappa shape index (κ1) is 17.0. The number of thiazole rings is 1. The monoisotopic (exact) mass is 382 g/mol. The van der Waals surface area contributed by atoms with Crippen molar-refractivity contribution in [2.24, 2.45) is 0 Å². The van der Waals surface area contributed by atoms with Crippen LogP contribution in [0.25, 0.3) is 16.9 Å². The van der Waals surface area contributed by atoms with E-state index >= 15 is 0 Å². The molecule has 4 aromatic rings. The number of benzene rings is 2. The lowest BCUT2D eigenvalue weighted by Gasteiger charge is -2.02. The molecule has 0 atom stereocenters. The van der Waals surface area contributed by atoms with Gasteiger partial charge in [-0.1, -0.05) is 24.3 Å². The molecule has 2 aromatic carbocycles. The van der Waals surface area contributed by atoms with Gasteiger partial charge in [0.15, 0.2) is 5.13 Å². The number of rotatable bonds is 4. The molecule has 0 spiro atoms. The molecule has 0 unspecified atom stereocenters. The van der Waals surface area contributed by atoms with Gasteiger partial charge in [0.25, 0.3) is 5.91 Å². The molecule has 27 heavy (non-hydrogen) atoms. The molecule has 0 bridgehead atoms. The van der Waals surface area contributed by atoms with Crippen molar-refractivity contribution < 1.29 is 13.6 Å². The number of carbonyl (C=O) groups excluding carboxylic acids is 1. The maximum atomic E-state index is 13.8. The van der Waals surface area contributed by atoms with Crippen molar-refractivity contribution in [1.82, 2.24) is 14.8 Å². The molecule has 134 valence electrons. The van der Waals surface area contributed by atoms with Gasteiger partial charge < -0.3 is 0 Å². The second-order valence-electron chi connectivity index (χ2n) is 5.60. The Morgan fingerprint density at radius 1 is 1.04 bits per heavy atom. The standard InChI is InChI=1S/C19H12F2N4OS/c20-14-6-2-1-5-13(14)16-11-27-19(23-16)24-18(26)12-9-22-25(10-12)17-8-4-3-7-15(17)21/h1-11H,(H,23,24,26). The maximum absolute atomic E-state index is 13.8. The molecule has 0 aliphatic rings. The molecule has 0 radical (unpaired) electrons. The molecule has 1 amide bonds. The lowest BCUT2D eigenvalue weighted by Crippen LogP contribution is -2.10. The van der Waals surface area contributed by atoms with Crippen LogP contribution in [0.15, 0.2) is 66.3 Å². The summed E-state index contributed by atoms with van der Waals surface area (Å²) in [5.41, 5.74) is 1.30. The summed E-state index contributed by atoms with van der Waals surface area (Å²) in [6.07, 6.45) is 2.77. The molecule has 2 heterocycles. The van der Waals surface area contributed by atoms with E-state index in [1.807, 2.05) is 0 Å². The topological polar surface area (TPSA) is 59.8 Å². The first-order chi connectivity index (χ1) is 13.1. The van der Waals surface area contributed by atoms with Crippen LogP contribution in [-0.4, -0.2) is 20.7 Å². The fourth-order valence-electron chi connectivity index (χ4n) is 2.50. The largest absolute Gasteiger partial charge is 0.298 e. The van der Waals surface area contributed by atoms with Crippen LogP contribution >= 0.6 is 11.3 Å². The summed E-state index contributed by atoms with van der Waals surface area (Å²) >= 11 is 1.18. The number of hydrogen-bond acceptors (Lipinski definition) is 4. The third-order valence-electron chi connectivity index (χ3n) is 3.82. The number of aromatic nitrogens is 3. The van der Waals surface area contributed by atoms with E-state index in [0.29, 0.717) is 16.4 Å². The summed E-state index contributed by atoms with van der Waals surface area (Å²) < 4.78 is 29.0. The summed E-state index contributed by atoms with van der Waals surface area (Å²) in [5, 5.41) is 8.66. The molecule has 0 fully saturated rings. The van der Waals surface area contributed by atoms with Gasteiger partial charge in [-0.2, -0.15) is 5.10 Å². The highest BCUT2D eigenvalue weighted by atomic mass is 32.1. The van der Waals surface area contributed by atoms with Gasteiger partial charge >= 0.3 is 0 Å². The Morgan fingerprint density at radius 2 is 1.78 bits per heavy atom. The minimum atomic E-state index is -0.443. The van der Waals surface area contributed by atoms with Gasteiger partial charge in [0.05, 0.1) is 17.5 Å². The van der Waals surface area contributed by atoms with Gasteiger partial charge in [-0.25, -0.2) is 18.4 Å². The van der Waals surface area contributed by atoms with Crippen LogP contribution < -0.4 is 5.32 Å². The van der Waals surface area contributed by atoms with Crippen molar-refractivity contribution in [3.63, 3.8) is 0 Å². The zero-order valence-electron chi connectivity index (χ0n) is 13.8. The number of hydrogen-bond donors (Lipinski definition) is 1. The number of halogens is 2. The van der Waals surface area contributed by atoms with Gasteiger partial charge in [0.1, 0.15) is 17.3 Å². The Hall–Kier alpha value is -3.39. The van der Waals surface area contributed by atoms with Crippen LogP contribution in [0.5, 0.6) is 0 Å². The van der Waals surface area contributed by atoms with E-state index in [4.69, 9.17) is 0 Å². The molecular formula is C19H12F2N4OS. The average Bonchev–Trinajstić information content (AvgIpc) is 3.32. The number of anilines is 1. The normalized spacial score (nSPS) is 10.7. The van der Waals surface area contributed by atoms with Gasteiger partial charge in [-0.3, -0.25) is 10.1 Å². The van der Waals surface area contributed by atoms with E-state index in [1.54, 1.807) is 41.8 Å². The third-order valence-corrected chi connectivity index (χ3v) is 4.58. The number of carbonyl (C=O) groups is 1. The van der Waals surface area contributed by atoms with Gasteiger partial charge in [0.2, 0.25) is 0 Å². The van der Waals surface area contributed by atoms with E-state index < -0.39 is 11.7 Å². The Balaban J connectivity index is 1.52. The number of nitrogens with one attached hydrogen (secondary N) is 1. The van der Waals surface area contributed by atoms with Crippen LogP contribution in [0.3, 0.4) is 0 Å². The van der Waals surface area contributed by atoms with E-state index in [9.17, 15) is 13.6 Å². The van der Waals surface area contributed by atoms with Gasteiger partial charge in [-0.05, 0) is 24.3 Å². The molecule has 8 heteroatoms. The molecule has 4 rings (SSSR count). The van der Waals surface area contributed by atoms with Gasteiger partial charge in [-0.15, -0.1) is 11.3 Å². The van der Waals surface area contributed by atoms with Crippen LogP contribution in [0.1, 0.15) is 10.4 Å². The van der Waals surface area contributed by atoms with E-state index in [-0.39, 0.29) is 17.1 Å². The molecule has 0 saturated carbocycles. The molecular weight excluding hydrogens is 370 g/mol. The number of para-hydroxylation sites is 1. The first-order valence-electron chi connectivity index (χ1n) is 7.93. The molecule has 0 saturated heterocycles. The predicted octanol–water partition coefficient (Wildman–Crippen LogP) is 4.53. The zero-order chi connectivity index (χ0) is 18.8. The molecule has 5 nitrogen and oxygen atoms in total. The van der Waals surface area contributed by atoms with Crippen LogP contribution in [0.2, 0.25) is 0 Å². The molecule has 0 aliphatic carbocycles. The van der Waals surface area contributed by atoms with Gasteiger partial charge in [0, 0.05) is 17.1 Å². The lowest BCUT2D eigenvalue weighted by atomic mass is 10.2. The highest BCUT2D eigenvalue weighted by Gasteiger charge is 2.14. The Labute approximate surface area is 156 Å². The average molecular weight is 382 g/mol. The second-order valence-corrected chi connectivity index (χ2v) is 6.45. The van der Waals surface area contributed by atoms with Crippen molar-refractivity contribution >= 4 is 22.4 Å². The molecule has 2 aromatic heterocycles. The highest BCUT2D eigenvalue weighted by molar-refractivity contribution is 7.14. The lowest BCUT2D eigenvalue weighted by molar-refractivity contribution is 0.102. The molecule has 0 aliphatic heterocycles. The minimum Gasteiger partial charge on any atom is -0.298 e. The Morgan fingerprint density at radius 3 is 2.56 bits per heavy atom. The smallest absolute Gasteiger partial charge is 0.260 e. The first-order valence-corrected chi connectivity index (χ1v) is 8.81. The summed E-state index contributed by atoms with van der Waals surface area (Å²) in [7, 11) is 0. The minimum absolute atomic E-state index is 0.243. The van der Waals surface area contributed by atoms with Crippen molar-refractivity contribution in [2.75, 3.05) is 5.32 Å². The SMILES string of the molecule is O=C(Nc1nc(-c2ccccc2F)cs1)c1cnn(-c2ccccc2F)c1. The number of amides is 1. The van der Waals surface area contributed by atoms with E-state index in [0.717, 1.165) is 0 Å². The summed E-state index contributed by atoms with van der Waals surface area (Å²) in [4.78, 5) is 16.6. The fraction of sp³-hybridized carbons (Fsp3) is 0.